The van der Waals surface area contributed by atoms with E-state index in [9.17, 15) is 13.6 Å². The van der Waals surface area contributed by atoms with Gasteiger partial charge in [-0.2, -0.15) is 0 Å². The molecule has 0 unspecified atom stereocenters. The summed E-state index contributed by atoms with van der Waals surface area (Å²) >= 11 is 0. The van der Waals surface area contributed by atoms with Crippen LogP contribution in [0, 0.1) is 11.6 Å². The van der Waals surface area contributed by atoms with Crippen molar-refractivity contribution in [2.24, 2.45) is 0 Å². The lowest BCUT2D eigenvalue weighted by Crippen LogP contribution is -2.28. The van der Waals surface area contributed by atoms with Gasteiger partial charge in [0.25, 0.3) is 5.91 Å². The van der Waals surface area contributed by atoms with Gasteiger partial charge in [-0.25, -0.2) is 8.78 Å². The molecule has 5 heteroatoms. The molecule has 0 bridgehead atoms. The average molecular weight is 277 g/mol. The smallest absolute Gasteiger partial charge is 0.258 e. The second-order valence-electron chi connectivity index (χ2n) is 4.15. The molecule has 0 aliphatic heterocycles. The Balaban J connectivity index is 1.77. The first-order valence-corrected chi connectivity index (χ1v) is 6.03. The number of hydrogen-bond acceptors (Lipinski definition) is 2. The Bertz CT molecular complexity index is 585. The van der Waals surface area contributed by atoms with Gasteiger partial charge in [-0.1, -0.05) is 18.2 Å². The molecule has 0 spiro atoms. The zero-order chi connectivity index (χ0) is 14.4. The molecule has 0 saturated heterocycles. The fourth-order valence-corrected chi connectivity index (χ4v) is 1.56. The molecule has 1 amide bonds. The van der Waals surface area contributed by atoms with Crippen molar-refractivity contribution in [3.63, 3.8) is 0 Å². The molecular weight excluding hydrogens is 264 g/mol. The number of rotatable bonds is 5. The molecule has 0 heterocycles. The largest absolute Gasteiger partial charge is 0.484 e. The van der Waals surface area contributed by atoms with Crippen molar-refractivity contribution in [2.75, 3.05) is 6.61 Å². The van der Waals surface area contributed by atoms with Crippen molar-refractivity contribution >= 4 is 5.91 Å². The third-order valence-electron chi connectivity index (χ3n) is 2.57. The summed E-state index contributed by atoms with van der Waals surface area (Å²) in [5.74, 6) is -0.788. The molecule has 1 N–H and O–H groups in total. The van der Waals surface area contributed by atoms with Crippen molar-refractivity contribution in [1.29, 1.82) is 0 Å². The minimum atomic E-state index is -0.422. The molecule has 0 aliphatic rings. The van der Waals surface area contributed by atoms with E-state index in [1.807, 2.05) is 0 Å². The van der Waals surface area contributed by atoms with E-state index in [0.29, 0.717) is 5.75 Å². The Morgan fingerprint density at radius 1 is 1.05 bits per heavy atom. The first-order chi connectivity index (χ1) is 9.63. The summed E-state index contributed by atoms with van der Waals surface area (Å²) in [6.45, 7) is 0.0796. The van der Waals surface area contributed by atoms with Crippen molar-refractivity contribution in [3.05, 3.63) is 65.7 Å². The van der Waals surface area contributed by atoms with Crippen LogP contribution in [0.15, 0.2) is 48.5 Å². The SMILES string of the molecule is O=C(COc1cccc(F)c1)NCc1ccc(F)cc1. The van der Waals surface area contributed by atoms with Crippen LogP contribution < -0.4 is 10.1 Å². The van der Waals surface area contributed by atoms with E-state index in [1.165, 1.54) is 30.3 Å². The van der Waals surface area contributed by atoms with E-state index in [-0.39, 0.29) is 24.9 Å². The summed E-state index contributed by atoms with van der Waals surface area (Å²) in [4.78, 5) is 11.5. The van der Waals surface area contributed by atoms with Crippen LogP contribution in [0.2, 0.25) is 0 Å². The van der Waals surface area contributed by atoms with Gasteiger partial charge in [0.05, 0.1) is 0 Å². The lowest BCUT2D eigenvalue weighted by atomic mass is 10.2. The molecule has 3 nitrogen and oxygen atoms in total. The molecule has 0 atom stereocenters. The molecule has 104 valence electrons. The predicted octanol–water partition coefficient (Wildman–Crippen LogP) is 2.66. The van der Waals surface area contributed by atoms with E-state index in [4.69, 9.17) is 4.74 Å². The standard InChI is InChI=1S/C15H13F2NO2/c16-12-6-4-11(5-7-12)9-18-15(19)10-20-14-3-1-2-13(17)8-14/h1-8H,9-10H2,(H,18,19). The molecule has 0 aliphatic carbocycles. The van der Waals surface area contributed by atoms with E-state index in [0.717, 1.165) is 5.56 Å². The van der Waals surface area contributed by atoms with Crippen LogP contribution in [-0.2, 0) is 11.3 Å². The first-order valence-electron chi connectivity index (χ1n) is 6.03. The highest BCUT2D eigenvalue weighted by Gasteiger charge is 2.03. The molecule has 2 aromatic rings. The van der Waals surface area contributed by atoms with Crippen LogP contribution in [0.1, 0.15) is 5.56 Å². The van der Waals surface area contributed by atoms with Crippen molar-refractivity contribution < 1.29 is 18.3 Å². The van der Waals surface area contributed by atoms with E-state index >= 15 is 0 Å². The fourth-order valence-electron chi connectivity index (χ4n) is 1.56. The number of hydrogen-bond donors (Lipinski definition) is 1. The summed E-state index contributed by atoms with van der Waals surface area (Å²) in [6.07, 6.45) is 0. The average Bonchev–Trinajstić information content (AvgIpc) is 2.45. The Kier molecular flexibility index (Phi) is 4.65. The molecule has 0 aromatic heterocycles. The molecule has 0 radical (unpaired) electrons. The zero-order valence-corrected chi connectivity index (χ0v) is 10.6. The summed E-state index contributed by atoms with van der Waals surface area (Å²) < 4.78 is 30.7. The van der Waals surface area contributed by atoms with Crippen molar-refractivity contribution in [2.45, 2.75) is 6.54 Å². The lowest BCUT2D eigenvalue weighted by molar-refractivity contribution is -0.123. The molecule has 2 rings (SSSR count). The summed E-state index contributed by atoms with van der Waals surface area (Å²) in [6, 6.07) is 11.4. The molecule has 2 aromatic carbocycles. The number of benzene rings is 2. The Hall–Kier alpha value is -2.43. The Morgan fingerprint density at radius 2 is 1.80 bits per heavy atom. The van der Waals surface area contributed by atoms with Gasteiger partial charge in [-0.05, 0) is 29.8 Å². The van der Waals surface area contributed by atoms with E-state index in [2.05, 4.69) is 5.32 Å². The normalized spacial score (nSPS) is 10.1. The van der Waals surface area contributed by atoms with E-state index in [1.54, 1.807) is 18.2 Å². The fraction of sp³-hybridized carbons (Fsp3) is 0.133. The highest BCUT2D eigenvalue weighted by atomic mass is 19.1. The van der Waals surface area contributed by atoms with Gasteiger partial charge >= 0.3 is 0 Å². The predicted molar refractivity (Wildman–Crippen MR) is 70.1 cm³/mol. The van der Waals surface area contributed by atoms with Gasteiger partial charge in [0.1, 0.15) is 17.4 Å². The van der Waals surface area contributed by atoms with Crippen LogP contribution >= 0.6 is 0 Å². The number of amides is 1. The summed E-state index contributed by atoms with van der Waals surface area (Å²) in [5.41, 5.74) is 0.783. The minimum Gasteiger partial charge on any atom is -0.484 e. The number of ether oxygens (including phenoxy) is 1. The second-order valence-corrected chi connectivity index (χ2v) is 4.15. The Labute approximate surface area is 115 Å². The van der Waals surface area contributed by atoms with Crippen LogP contribution in [0.3, 0.4) is 0 Å². The molecular formula is C15H13F2NO2. The number of carbonyl (C=O) groups excluding carboxylic acids is 1. The summed E-state index contributed by atoms with van der Waals surface area (Å²) in [7, 11) is 0. The maximum atomic E-state index is 12.9. The van der Waals surface area contributed by atoms with Gasteiger partial charge in [-0.15, -0.1) is 0 Å². The number of halogens is 2. The molecule has 0 saturated carbocycles. The van der Waals surface area contributed by atoms with Crippen LogP contribution in [0.25, 0.3) is 0 Å². The third kappa shape index (κ3) is 4.35. The maximum absolute atomic E-state index is 12.9. The minimum absolute atomic E-state index is 0.204. The van der Waals surface area contributed by atoms with Crippen molar-refractivity contribution in [1.82, 2.24) is 5.32 Å². The monoisotopic (exact) mass is 277 g/mol. The van der Waals surface area contributed by atoms with Gasteiger partial charge in [-0.3, -0.25) is 4.79 Å². The Morgan fingerprint density at radius 3 is 2.50 bits per heavy atom. The highest BCUT2D eigenvalue weighted by molar-refractivity contribution is 5.77. The third-order valence-corrected chi connectivity index (χ3v) is 2.57. The lowest BCUT2D eigenvalue weighted by Gasteiger charge is -2.07. The number of nitrogens with one attached hydrogen (secondary N) is 1. The number of carbonyl (C=O) groups is 1. The van der Waals surface area contributed by atoms with Gasteiger partial charge in [0, 0.05) is 12.6 Å². The maximum Gasteiger partial charge on any atom is 0.258 e. The molecule has 0 fully saturated rings. The van der Waals surface area contributed by atoms with E-state index < -0.39 is 5.82 Å². The molecule has 20 heavy (non-hydrogen) atoms. The van der Waals surface area contributed by atoms with Crippen LogP contribution in [0.5, 0.6) is 5.75 Å². The van der Waals surface area contributed by atoms with Crippen LogP contribution in [0.4, 0.5) is 8.78 Å². The topological polar surface area (TPSA) is 38.3 Å². The van der Waals surface area contributed by atoms with Crippen molar-refractivity contribution in [3.8, 4) is 5.75 Å². The van der Waals surface area contributed by atoms with Crippen LogP contribution in [-0.4, -0.2) is 12.5 Å². The zero-order valence-electron chi connectivity index (χ0n) is 10.6. The first kappa shape index (κ1) is 14.0. The van der Waals surface area contributed by atoms with Gasteiger partial charge < -0.3 is 10.1 Å². The summed E-state index contributed by atoms with van der Waals surface area (Å²) in [5, 5.41) is 2.62. The quantitative estimate of drug-likeness (QED) is 0.912. The second kappa shape index (κ2) is 6.65. The highest BCUT2D eigenvalue weighted by Crippen LogP contribution is 2.11. The van der Waals surface area contributed by atoms with Gasteiger partial charge in [0.2, 0.25) is 0 Å². The van der Waals surface area contributed by atoms with Gasteiger partial charge in [0.15, 0.2) is 6.61 Å².